The van der Waals surface area contributed by atoms with E-state index in [-0.39, 0.29) is 5.91 Å². The lowest BCUT2D eigenvalue weighted by molar-refractivity contribution is -0.145. The molecule has 1 aromatic rings. The maximum absolute atomic E-state index is 12.1. The molecule has 0 spiro atoms. The summed E-state index contributed by atoms with van der Waals surface area (Å²) in [6, 6.07) is 1.98. The SMILES string of the molecule is Cc1cc(C)n(CCC(=O)N2CCCC(C(=O)O)C2)n1. The molecule has 1 unspecified atom stereocenters. The van der Waals surface area contributed by atoms with Crippen molar-refractivity contribution in [2.75, 3.05) is 13.1 Å². The molecule has 6 nitrogen and oxygen atoms in total. The Morgan fingerprint density at radius 2 is 2.20 bits per heavy atom. The number of carbonyl (C=O) groups excluding carboxylic acids is 1. The number of likely N-dealkylation sites (tertiary alicyclic amines) is 1. The monoisotopic (exact) mass is 279 g/mol. The molecule has 1 amide bonds. The minimum absolute atomic E-state index is 0.0171. The van der Waals surface area contributed by atoms with Gasteiger partial charge in [-0.25, -0.2) is 0 Å². The molecule has 1 N–H and O–H groups in total. The van der Waals surface area contributed by atoms with Gasteiger partial charge in [0.1, 0.15) is 0 Å². The van der Waals surface area contributed by atoms with Crippen molar-refractivity contribution in [2.45, 2.75) is 39.7 Å². The third-order valence-corrected chi connectivity index (χ3v) is 3.76. The van der Waals surface area contributed by atoms with E-state index in [1.807, 2.05) is 24.6 Å². The summed E-state index contributed by atoms with van der Waals surface area (Å²) in [6.07, 6.45) is 1.80. The minimum Gasteiger partial charge on any atom is -0.481 e. The van der Waals surface area contributed by atoms with Gasteiger partial charge < -0.3 is 10.0 Å². The zero-order valence-electron chi connectivity index (χ0n) is 12.0. The van der Waals surface area contributed by atoms with Gasteiger partial charge in [-0.3, -0.25) is 14.3 Å². The molecule has 1 aliphatic rings. The number of aryl methyl sites for hydroxylation is 3. The predicted octanol–water partition coefficient (Wildman–Crippen LogP) is 1.21. The number of rotatable bonds is 4. The summed E-state index contributed by atoms with van der Waals surface area (Å²) >= 11 is 0. The van der Waals surface area contributed by atoms with Crippen LogP contribution < -0.4 is 0 Å². The van der Waals surface area contributed by atoms with Gasteiger partial charge in [-0.1, -0.05) is 0 Å². The third-order valence-electron chi connectivity index (χ3n) is 3.76. The summed E-state index contributed by atoms with van der Waals surface area (Å²) in [7, 11) is 0. The van der Waals surface area contributed by atoms with E-state index in [9.17, 15) is 9.59 Å². The highest BCUT2D eigenvalue weighted by atomic mass is 16.4. The third kappa shape index (κ3) is 3.37. The Balaban J connectivity index is 1.88. The number of hydrogen-bond donors (Lipinski definition) is 1. The van der Waals surface area contributed by atoms with Gasteiger partial charge >= 0.3 is 5.97 Å². The molecule has 1 aliphatic heterocycles. The average molecular weight is 279 g/mol. The smallest absolute Gasteiger partial charge is 0.308 e. The fourth-order valence-electron chi connectivity index (χ4n) is 2.67. The molecule has 1 atom stereocenters. The molecule has 110 valence electrons. The first-order valence-electron chi connectivity index (χ1n) is 6.99. The molecule has 1 fully saturated rings. The molecule has 0 aliphatic carbocycles. The molecule has 0 radical (unpaired) electrons. The second-order valence-corrected chi connectivity index (χ2v) is 5.42. The van der Waals surface area contributed by atoms with Gasteiger partial charge in [-0.05, 0) is 32.8 Å². The van der Waals surface area contributed by atoms with Crippen LogP contribution in [-0.2, 0) is 16.1 Å². The second kappa shape index (κ2) is 6.07. The van der Waals surface area contributed by atoms with Crippen molar-refractivity contribution < 1.29 is 14.7 Å². The first-order valence-corrected chi connectivity index (χ1v) is 6.99. The summed E-state index contributed by atoms with van der Waals surface area (Å²) in [6.45, 7) is 5.44. The number of aromatic nitrogens is 2. The van der Waals surface area contributed by atoms with Crippen molar-refractivity contribution in [3.8, 4) is 0 Å². The van der Waals surface area contributed by atoms with Crippen LogP contribution in [0.25, 0.3) is 0 Å². The van der Waals surface area contributed by atoms with E-state index in [2.05, 4.69) is 5.10 Å². The van der Waals surface area contributed by atoms with Crippen LogP contribution in [0.5, 0.6) is 0 Å². The number of hydrogen-bond acceptors (Lipinski definition) is 3. The summed E-state index contributed by atoms with van der Waals surface area (Å²) in [5.74, 6) is -1.20. The van der Waals surface area contributed by atoms with Crippen LogP contribution in [0, 0.1) is 19.8 Å². The van der Waals surface area contributed by atoms with Crippen LogP contribution in [0.3, 0.4) is 0 Å². The number of carboxylic acids is 1. The largest absolute Gasteiger partial charge is 0.481 e. The molecular formula is C14H21N3O3. The predicted molar refractivity (Wildman–Crippen MR) is 73.3 cm³/mol. The molecule has 1 saturated heterocycles. The zero-order chi connectivity index (χ0) is 14.7. The summed E-state index contributed by atoms with van der Waals surface area (Å²) < 4.78 is 1.83. The Kier molecular flexibility index (Phi) is 4.42. The normalized spacial score (nSPS) is 19.1. The number of aliphatic carboxylic acids is 1. The topological polar surface area (TPSA) is 75.4 Å². The molecule has 6 heteroatoms. The van der Waals surface area contributed by atoms with Crippen LogP contribution in [0.4, 0.5) is 0 Å². The van der Waals surface area contributed by atoms with E-state index >= 15 is 0 Å². The zero-order valence-corrected chi connectivity index (χ0v) is 12.0. The van der Waals surface area contributed by atoms with Crippen LogP contribution in [0.15, 0.2) is 6.07 Å². The van der Waals surface area contributed by atoms with Crippen LogP contribution >= 0.6 is 0 Å². The van der Waals surface area contributed by atoms with Crippen LogP contribution in [-0.4, -0.2) is 44.8 Å². The minimum atomic E-state index is -0.805. The Morgan fingerprint density at radius 3 is 2.80 bits per heavy atom. The fraction of sp³-hybridized carbons (Fsp3) is 0.643. The Bertz CT molecular complexity index is 510. The molecular weight excluding hydrogens is 258 g/mol. The maximum atomic E-state index is 12.1. The number of carboxylic acid groups (broad SMARTS) is 1. The summed E-state index contributed by atoms with van der Waals surface area (Å²) in [4.78, 5) is 24.8. The van der Waals surface area contributed by atoms with E-state index in [4.69, 9.17) is 5.11 Å². The number of amides is 1. The van der Waals surface area contributed by atoms with Crippen molar-refractivity contribution in [2.24, 2.45) is 5.92 Å². The number of piperidine rings is 1. The van der Waals surface area contributed by atoms with Crippen LogP contribution in [0.1, 0.15) is 30.7 Å². The lowest BCUT2D eigenvalue weighted by Gasteiger charge is -2.30. The van der Waals surface area contributed by atoms with Crippen molar-refractivity contribution in [1.82, 2.24) is 14.7 Å². The summed E-state index contributed by atoms with van der Waals surface area (Å²) in [5.41, 5.74) is 1.98. The van der Waals surface area contributed by atoms with Crippen molar-refractivity contribution in [3.05, 3.63) is 17.5 Å². The highest BCUT2D eigenvalue weighted by molar-refractivity contribution is 5.78. The van der Waals surface area contributed by atoms with E-state index in [1.165, 1.54) is 0 Å². The molecule has 0 saturated carbocycles. The fourth-order valence-corrected chi connectivity index (χ4v) is 2.67. The first kappa shape index (κ1) is 14.6. The highest BCUT2D eigenvalue weighted by Crippen LogP contribution is 2.17. The Labute approximate surface area is 118 Å². The van der Waals surface area contributed by atoms with Gasteiger partial charge in [-0.15, -0.1) is 0 Å². The summed E-state index contributed by atoms with van der Waals surface area (Å²) in [5, 5.41) is 13.4. The van der Waals surface area contributed by atoms with Crippen LogP contribution in [0.2, 0.25) is 0 Å². The van der Waals surface area contributed by atoms with Gasteiger partial charge in [-0.2, -0.15) is 5.10 Å². The van der Waals surface area contributed by atoms with Crippen molar-refractivity contribution in [1.29, 1.82) is 0 Å². The molecule has 0 bridgehead atoms. The first-order chi connectivity index (χ1) is 9.47. The highest BCUT2D eigenvalue weighted by Gasteiger charge is 2.27. The van der Waals surface area contributed by atoms with E-state index in [0.29, 0.717) is 32.5 Å². The van der Waals surface area contributed by atoms with E-state index in [1.54, 1.807) is 4.90 Å². The van der Waals surface area contributed by atoms with Gasteiger partial charge in [0, 0.05) is 31.7 Å². The van der Waals surface area contributed by atoms with E-state index in [0.717, 1.165) is 17.8 Å². The van der Waals surface area contributed by atoms with E-state index < -0.39 is 11.9 Å². The quantitative estimate of drug-likeness (QED) is 0.899. The standard InChI is InChI=1S/C14H21N3O3/c1-10-8-11(2)17(15-10)7-5-13(18)16-6-3-4-12(9-16)14(19)20/h8,12H,3-7,9H2,1-2H3,(H,19,20). The lowest BCUT2D eigenvalue weighted by Crippen LogP contribution is -2.42. The Hall–Kier alpha value is -1.85. The molecule has 2 heterocycles. The second-order valence-electron chi connectivity index (χ2n) is 5.42. The number of nitrogens with zero attached hydrogens (tertiary/aromatic N) is 3. The maximum Gasteiger partial charge on any atom is 0.308 e. The number of carbonyl (C=O) groups is 2. The van der Waals surface area contributed by atoms with Gasteiger partial charge in [0.25, 0.3) is 0 Å². The van der Waals surface area contributed by atoms with Gasteiger partial charge in [0.2, 0.25) is 5.91 Å². The molecule has 0 aromatic carbocycles. The van der Waals surface area contributed by atoms with Gasteiger partial charge in [0.15, 0.2) is 0 Å². The lowest BCUT2D eigenvalue weighted by atomic mass is 9.98. The molecule has 1 aromatic heterocycles. The van der Waals surface area contributed by atoms with Gasteiger partial charge in [0.05, 0.1) is 11.6 Å². The molecule has 2 rings (SSSR count). The average Bonchev–Trinajstić information content (AvgIpc) is 2.74. The molecule has 20 heavy (non-hydrogen) atoms. The van der Waals surface area contributed by atoms with Crippen molar-refractivity contribution >= 4 is 11.9 Å². The Morgan fingerprint density at radius 1 is 1.45 bits per heavy atom. The van der Waals surface area contributed by atoms with Crippen molar-refractivity contribution in [3.63, 3.8) is 0 Å².